The van der Waals surface area contributed by atoms with E-state index in [1.807, 2.05) is 16.4 Å². The van der Waals surface area contributed by atoms with E-state index in [4.69, 9.17) is 5.84 Å². The van der Waals surface area contributed by atoms with E-state index in [0.29, 0.717) is 12.1 Å². The molecule has 0 radical (unpaired) electrons. The van der Waals surface area contributed by atoms with E-state index in [0.717, 1.165) is 30.0 Å². The van der Waals surface area contributed by atoms with Gasteiger partial charge in [0.25, 0.3) is 0 Å². The van der Waals surface area contributed by atoms with Crippen molar-refractivity contribution in [3.63, 3.8) is 0 Å². The molecular weight excluding hydrogens is 232 g/mol. The molecule has 0 saturated heterocycles. The van der Waals surface area contributed by atoms with Gasteiger partial charge in [-0.1, -0.05) is 13.8 Å². The number of nitrogens with zero attached hydrogens (tertiary/aromatic N) is 2. The maximum atomic E-state index is 5.56. The van der Waals surface area contributed by atoms with Gasteiger partial charge < -0.3 is 0 Å². The number of rotatable bonds is 8. The summed E-state index contributed by atoms with van der Waals surface area (Å²) in [5, 5.41) is 4.59. The van der Waals surface area contributed by atoms with Gasteiger partial charge in [-0.05, 0) is 25.2 Å². The molecule has 98 valence electrons. The molecule has 17 heavy (non-hydrogen) atoms. The largest absolute Gasteiger partial charge is 0.271 e. The summed E-state index contributed by atoms with van der Waals surface area (Å²) >= 11 is 1.90. The molecule has 0 spiro atoms. The molecule has 5 heteroatoms. The fourth-order valence-corrected chi connectivity index (χ4v) is 2.33. The Kier molecular flexibility index (Phi) is 6.62. The number of nitrogens with one attached hydrogen (secondary N) is 1. The zero-order chi connectivity index (χ0) is 12.7. The topological polar surface area (TPSA) is 55.9 Å². The molecule has 1 aromatic heterocycles. The lowest BCUT2D eigenvalue weighted by atomic mass is 10.2. The van der Waals surface area contributed by atoms with E-state index in [-0.39, 0.29) is 0 Å². The molecule has 3 N–H and O–H groups in total. The Morgan fingerprint density at radius 1 is 1.53 bits per heavy atom. The molecule has 0 fully saturated rings. The third-order valence-corrected chi connectivity index (χ3v) is 3.97. The van der Waals surface area contributed by atoms with Crippen LogP contribution in [0.5, 0.6) is 0 Å². The molecule has 1 aromatic rings. The first-order valence-electron chi connectivity index (χ1n) is 6.29. The summed E-state index contributed by atoms with van der Waals surface area (Å²) in [6, 6.07) is 2.87. The van der Waals surface area contributed by atoms with Gasteiger partial charge in [0.2, 0.25) is 0 Å². The van der Waals surface area contributed by atoms with Crippen molar-refractivity contribution >= 4 is 11.8 Å². The lowest BCUT2D eigenvalue weighted by Crippen LogP contribution is -2.38. The predicted molar refractivity (Wildman–Crippen MR) is 75.0 cm³/mol. The number of aromatic nitrogens is 2. The molecule has 0 bridgehead atoms. The second-order valence-electron chi connectivity index (χ2n) is 4.27. The highest BCUT2D eigenvalue weighted by atomic mass is 32.2. The summed E-state index contributed by atoms with van der Waals surface area (Å²) in [6.07, 6.45) is 4.06. The normalized spacial score (nSPS) is 14.8. The van der Waals surface area contributed by atoms with E-state index in [1.165, 1.54) is 0 Å². The van der Waals surface area contributed by atoms with Crippen LogP contribution in [0.25, 0.3) is 0 Å². The van der Waals surface area contributed by atoms with Crippen LogP contribution in [0.3, 0.4) is 0 Å². The van der Waals surface area contributed by atoms with Crippen LogP contribution in [-0.2, 0) is 6.42 Å². The molecular formula is C12H24N4S. The maximum Gasteiger partial charge on any atom is 0.0641 e. The minimum absolute atomic E-state index is 0.306. The molecule has 0 aromatic carbocycles. The molecule has 1 rings (SSSR count). The quantitative estimate of drug-likeness (QED) is 0.551. The number of hydrogen-bond acceptors (Lipinski definition) is 4. The molecule has 1 heterocycles. The summed E-state index contributed by atoms with van der Waals surface area (Å²) in [7, 11) is 0. The number of thioether (sulfide) groups is 1. The minimum atomic E-state index is 0.306. The number of nitrogens with two attached hydrogens (primary N) is 1. The van der Waals surface area contributed by atoms with Crippen LogP contribution in [0.4, 0.5) is 0 Å². The standard InChI is InChI=1S/C12H24N4S/c1-4-10(3)16-7-6-11(15-16)8-12(14-13)9-17-5-2/h6-7,10,12,14H,4-5,8-9,13H2,1-3H3. The molecule has 2 atom stereocenters. The lowest BCUT2D eigenvalue weighted by Gasteiger charge is -2.13. The Bertz CT molecular complexity index is 313. The van der Waals surface area contributed by atoms with Crippen LogP contribution in [0.1, 0.15) is 38.9 Å². The summed E-state index contributed by atoms with van der Waals surface area (Å²) in [4.78, 5) is 0. The fourth-order valence-electron chi connectivity index (χ4n) is 1.60. The summed E-state index contributed by atoms with van der Waals surface area (Å²) < 4.78 is 2.04. The highest BCUT2D eigenvalue weighted by molar-refractivity contribution is 7.99. The monoisotopic (exact) mass is 256 g/mol. The van der Waals surface area contributed by atoms with Crippen molar-refractivity contribution in [1.82, 2.24) is 15.2 Å². The molecule has 2 unspecified atom stereocenters. The first-order valence-corrected chi connectivity index (χ1v) is 7.44. The maximum absolute atomic E-state index is 5.56. The first-order chi connectivity index (χ1) is 8.21. The Morgan fingerprint density at radius 3 is 2.88 bits per heavy atom. The highest BCUT2D eigenvalue weighted by Crippen LogP contribution is 2.11. The van der Waals surface area contributed by atoms with Crippen LogP contribution >= 0.6 is 11.8 Å². The predicted octanol–water partition coefficient (Wildman–Crippen LogP) is 1.98. The Balaban J connectivity index is 2.52. The average Bonchev–Trinajstić information content (AvgIpc) is 2.81. The summed E-state index contributed by atoms with van der Waals surface area (Å²) in [5.41, 5.74) is 3.98. The fraction of sp³-hybridized carbons (Fsp3) is 0.750. The number of hydrazine groups is 1. The summed E-state index contributed by atoms with van der Waals surface area (Å²) in [5.74, 6) is 7.71. The Morgan fingerprint density at radius 2 is 2.29 bits per heavy atom. The van der Waals surface area contributed by atoms with Crippen LogP contribution in [-0.4, -0.2) is 27.3 Å². The third-order valence-electron chi connectivity index (χ3n) is 2.92. The molecule has 0 aliphatic heterocycles. The van der Waals surface area contributed by atoms with Gasteiger partial charge in [-0.25, -0.2) is 0 Å². The van der Waals surface area contributed by atoms with E-state index < -0.39 is 0 Å². The second kappa shape index (κ2) is 7.74. The van der Waals surface area contributed by atoms with Crippen molar-refractivity contribution in [2.45, 2.75) is 45.7 Å². The molecule has 4 nitrogen and oxygen atoms in total. The van der Waals surface area contributed by atoms with E-state index in [9.17, 15) is 0 Å². The number of hydrogen-bond donors (Lipinski definition) is 2. The molecule has 0 amide bonds. The van der Waals surface area contributed by atoms with Gasteiger partial charge in [0.05, 0.1) is 5.69 Å². The van der Waals surface area contributed by atoms with E-state index in [2.05, 4.69) is 43.6 Å². The van der Waals surface area contributed by atoms with Crippen LogP contribution in [0, 0.1) is 0 Å². The molecule has 0 aliphatic rings. The zero-order valence-corrected chi connectivity index (χ0v) is 11.8. The SMILES string of the molecule is CCSCC(Cc1ccn(C(C)CC)n1)NN. The van der Waals surface area contributed by atoms with Crippen molar-refractivity contribution in [3.05, 3.63) is 18.0 Å². The second-order valence-corrected chi connectivity index (χ2v) is 5.59. The third kappa shape index (κ3) is 4.69. The highest BCUT2D eigenvalue weighted by Gasteiger charge is 2.11. The van der Waals surface area contributed by atoms with Crippen molar-refractivity contribution in [2.75, 3.05) is 11.5 Å². The smallest absolute Gasteiger partial charge is 0.0641 e. The summed E-state index contributed by atoms with van der Waals surface area (Å²) in [6.45, 7) is 6.52. The lowest BCUT2D eigenvalue weighted by molar-refractivity contribution is 0.469. The van der Waals surface area contributed by atoms with Crippen molar-refractivity contribution in [2.24, 2.45) is 5.84 Å². The van der Waals surface area contributed by atoms with Gasteiger partial charge in [0.15, 0.2) is 0 Å². The first kappa shape index (κ1) is 14.5. The van der Waals surface area contributed by atoms with Crippen LogP contribution in [0.2, 0.25) is 0 Å². The van der Waals surface area contributed by atoms with Gasteiger partial charge in [-0.2, -0.15) is 16.9 Å². The van der Waals surface area contributed by atoms with Gasteiger partial charge in [0, 0.05) is 30.5 Å². The van der Waals surface area contributed by atoms with Gasteiger partial charge in [-0.3, -0.25) is 16.0 Å². The van der Waals surface area contributed by atoms with Crippen molar-refractivity contribution in [1.29, 1.82) is 0 Å². The molecule has 0 aliphatic carbocycles. The van der Waals surface area contributed by atoms with Crippen molar-refractivity contribution in [3.8, 4) is 0 Å². The van der Waals surface area contributed by atoms with E-state index >= 15 is 0 Å². The Hall–Kier alpha value is -0.520. The Labute approximate surface area is 108 Å². The minimum Gasteiger partial charge on any atom is -0.271 e. The van der Waals surface area contributed by atoms with Gasteiger partial charge in [-0.15, -0.1) is 0 Å². The molecule has 0 saturated carbocycles. The van der Waals surface area contributed by atoms with E-state index in [1.54, 1.807) is 0 Å². The average molecular weight is 256 g/mol. The zero-order valence-electron chi connectivity index (χ0n) is 11.0. The van der Waals surface area contributed by atoms with Crippen molar-refractivity contribution < 1.29 is 0 Å². The van der Waals surface area contributed by atoms with Crippen LogP contribution in [0.15, 0.2) is 12.3 Å². The van der Waals surface area contributed by atoms with Gasteiger partial charge in [0.1, 0.15) is 0 Å². The van der Waals surface area contributed by atoms with Gasteiger partial charge >= 0.3 is 0 Å². The van der Waals surface area contributed by atoms with Crippen LogP contribution < -0.4 is 11.3 Å².